The quantitative estimate of drug-likeness (QED) is 0.637. The second kappa shape index (κ2) is 8.47. The lowest BCUT2D eigenvalue weighted by Crippen LogP contribution is -2.30. The van der Waals surface area contributed by atoms with Crippen LogP contribution in [0.5, 0.6) is 11.5 Å². The number of anilines is 1. The minimum atomic E-state index is -0.336. The molecule has 7 nitrogen and oxygen atoms in total. The molecule has 0 bridgehead atoms. The number of carbonyl (C=O) groups excluding carboxylic acids is 2. The predicted octanol–water partition coefficient (Wildman–Crippen LogP) is 4.73. The summed E-state index contributed by atoms with van der Waals surface area (Å²) in [5.74, 6) is 1.37. The Morgan fingerprint density at radius 1 is 1.03 bits per heavy atom. The number of likely N-dealkylation sites (tertiary alicyclic amines) is 1. The summed E-state index contributed by atoms with van der Waals surface area (Å²) in [6.45, 7) is 1.98. The Morgan fingerprint density at radius 3 is 2.74 bits per heavy atom. The lowest BCUT2D eigenvalue weighted by molar-refractivity contribution is 0.0740. The summed E-state index contributed by atoms with van der Waals surface area (Å²) in [6, 6.07) is 12.7. The van der Waals surface area contributed by atoms with Gasteiger partial charge in [0.15, 0.2) is 17.3 Å². The molecule has 2 aliphatic rings. The number of carbonyl (C=O) groups is 2. The van der Waals surface area contributed by atoms with Crippen LogP contribution >= 0.6 is 11.3 Å². The molecule has 160 valence electrons. The van der Waals surface area contributed by atoms with Crippen LogP contribution in [0.25, 0.3) is 0 Å². The van der Waals surface area contributed by atoms with Crippen LogP contribution in [0.2, 0.25) is 0 Å². The Bertz CT molecular complexity index is 1090. The van der Waals surface area contributed by atoms with E-state index >= 15 is 0 Å². The van der Waals surface area contributed by atoms with Crippen molar-refractivity contribution in [1.82, 2.24) is 4.90 Å². The lowest BCUT2D eigenvalue weighted by Gasteiger charge is -2.25. The number of amides is 2. The van der Waals surface area contributed by atoms with Crippen LogP contribution in [-0.2, 0) is 0 Å². The van der Waals surface area contributed by atoms with Crippen molar-refractivity contribution in [3.05, 3.63) is 64.9 Å². The first kappa shape index (κ1) is 19.7. The molecule has 5 rings (SSSR count). The first-order valence-electron chi connectivity index (χ1n) is 10.3. The molecule has 1 saturated heterocycles. The number of fused-ring (bicyclic) bond motifs is 1. The summed E-state index contributed by atoms with van der Waals surface area (Å²) in [6.07, 6.45) is 4.15. The number of benzene rings is 1. The Morgan fingerprint density at radius 2 is 1.90 bits per heavy atom. The molecule has 1 fully saturated rings. The summed E-state index contributed by atoms with van der Waals surface area (Å²) in [7, 11) is 0. The van der Waals surface area contributed by atoms with E-state index < -0.39 is 0 Å². The fraction of sp³-hybridized carbons (Fsp3) is 0.304. The highest BCUT2D eigenvalue weighted by molar-refractivity contribution is 7.18. The van der Waals surface area contributed by atoms with Gasteiger partial charge in [-0.3, -0.25) is 9.59 Å². The van der Waals surface area contributed by atoms with Gasteiger partial charge < -0.3 is 24.1 Å². The van der Waals surface area contributed by atoms with Gasteiger partial charge in [0.25, 0.3) is 11.8 Å². The SMILES string of the molecule is O=C(Nc1ccc(C(=O)N2CCC[C@@H]2c2ccc3c(c2)OCCCO3)s1)c1ccco1. The highest BCUT2D eigenvalue weighted by atomic mass is 32.1. The molecular formula is C23H22N2O5S. The number of hydrogen-bond donors (Lipinski definition) is 1. The average molecular weight is 439 g/mol. The minimum absolute atomic E-state index is 0.00656. The number of nitrogens with one attached hydrogen (secondary N) is 1. The van der Waals surface area contributed by atoms with Gasteiger partial charge in [-0.25, -0.2) is 0 Å². The molecule has 2 aliphatic heterocycles. The third kappa shape index (κ3) is 4.03. The van der Waals surface area contributed by atoms with Crippen molar-refractivity contribution >= 4 is 28.2 Å². The van der Waals surface area contributed by atoms with Gasteiger partial charge in [-0.2, -0.15) is 0 Å². The normalized spacial score (nSPS) is 17.9. The van der Waals surface area contributed by atoms with Crippen molar-refractivity contribution in [2.45, 2.75) is 25.3 Å². The predicted molar refractivity (Wildman–Crippen MR) is 116 cm³/mol. The molecule has 2 amide bonds. The van der Waals surface area contributed by atoms with Gasteiger partial charge >= 0.3 is 0 Å². The number of rotatable bonds is 4. The van der Waals surface area contributed by atoms with Gasteiger partial charge in [0.2, 0.25) is 0 Å². The third-order valence-electron chi connectivity index (χ3n) is 5.47. The van der Waals surface area contributed by atoms with Gasteiger partial charge in [-0.1, -0.05) is 6.07 Å². The molecule has 1 aromatic carbocycles. The number of ether oxygens (including phenoxy) is 2. The number of nitrogens with zero attached hydrogens (tertiary/aromatic N) is 1. The van der Waals surface area contributed by atoms with E-state index in [1.165, 1.54) is 17.6 Å². The van der Waals surface area contributed by atoms with Crippen LogP contribution in [0.4, 0.5) is 5.00 Å². The van der Waals surface area contributed by atoms with E-state index in [-0.39, 0.29) is 23.6 Å². The lowest BCUT2D eigenvalue weighted by atomic mass is 10.0. The van der Waals surface area contributed by atoms with E-state index in [4.69, 9.17) is 13.9 Å². The second-order valence-electron chi connectivity index (χ2n) is 7.51. The monoisotopic (exact) mass is 438 g/mol. The summed E-state index contributed by atoms with van der Waals surface area (Å²) < 4.78 is 16.7. The van der Waals surface area contributed by atoms with Crippen LogP contribution in [0.3, 0.4) is 0 Å². The van der Waals surface area contributed by atoms with E-state index in [0.29, 0.717) is 29.6 Å². The fourth-order valence-electron chi connectivity index (χ4n) is 3.99. The topological polar surface area (TPSA) is 81.0 Å². The maximum Gasteiger partial charge on any atom is 0.291 e. The van der Waals surface area contributed by atoms with Crippen molar-refractivity contribution in [2.75, 3.05) is 25.1 Å². The highest BCUT2D eigenvalue weighted by Gasteiger charge is 2.32. The summed E-state index contributed by atoms with van der Waals surface area (Å²) in [5, 5.41) is 3.39. The Kier molecular flexibility index (Phi) is 5.38. The molecule has 0 spiro atoms. The largest absolute Gasteiger partial charge is 0.490 e. The zero-order valence-corrected chi connectivity index (χ0v) is 17.7. The number of hydrogen-bond acceptors (Lipinski definition) is 6. The molecule has 4 heterocycles. The van der Waals surface area contributed by atoms with Gasteiger partial charge in [-0.05, 0) is 54.8 Å². The Balaban J connectivity index is 1.32. The molecule has 8 heteroatoms. The van der Waals surface area contributed by atoms with Crippen molar-refractivity contribution in [3.63, 3.8) is 0 Å². The second-order valence-corrected chi connectivity index (χ2v) is 8.59. The van der Waals surface area contributed by atoms with Crippen molar-refractivity contribution in [3.8, 4) is 11.5 Å². The minimum Gasteiger partial charge on any atom is -0.490 e. The summed E-state index contributed by atoms with van der Waals surface area (Å²) >= 11 is 1.27. The Labute approximate surface area is 183 Å². The van der Waals surface area contributed by atoms with E-state index in [0.717, 1.165) is 36.3 Å². The van der Waals surface area contributed by atoms with Crippen LogP contribution in [0.1, 0.15) is 51.1 Å². The number of furan rings is 1. The molecule has 0 radical (unpaired) electrons. The Hall–Kier alpha value is -3.26. The highest BCUT2D eigenvalue weighted by Crippen LogP contribution is 2.39. The molecule has 31 heavy (non-hydrogen) atoms. The van der Waals surface area contributed by atoms with Gasteiger partial charge in [-0.15, -0.1) is 11.3 Å². The summed E-state index contributed by atoms with van der Waals surface area (Å²) in [5.41, 5.74) is 1.05. The molecule has 0 aliphatic carbocycles. The average Bonchev–Trinajstić information content (AvgIpc) is 3.53. The first-order chi connectivity index (χ1) is 15.2. The molecule has 0 saturated carbocycles. The van der Waals surface area contributed by atoms with E-state index in [1.54, 1.807) is 24.3 Å². The fourth-order valence-corrected chi connectivity index (χ4v) is 4.84. The number of thiophene rings is 1. The van der Waals surface area contributed by atoms with Crippen molar-refractivity contribution < 1.29 is 23.5 Å². The van der Waals surface area contributed by atoms with Crippen molar-refractivity contribution in [2.24, 2.45) is 0 Å². The van der Waals surface area contributed by atoms with E-state index in [1.807, 2.05) is 23.1 Å². The maximum absolute atomic E-state index is 13.3. The molecule has 1 atom stereocenters. The molecular weight excluding hydrogens is 416 g/mol. The standard InChI is InChI=1S/C23H22N2O5S/c26-22(18-5-2-11-29-18)24-21-9-8-20(31-21)23(27)25-10-1-4-16(25)15-6-7-17-19(14-15)30-13-3-12-28-17/h2,5-9,11,14,16H,1,3-4,10,12-13H2,(H,24,26)/t16-/m1/s1. The van der Waals surface area contributed by atoms with Crippen LogP contribution in [0.15, 0.2) is 53.1 Å². The molecule has 2 aromatic heterocycles. The first-order valence-corrected chi connectivity index (χ1v) is 11.2. The van der Waals surface area contributed by atoms with Crippen LogP contribution in [0, 0.1) is 0 Å². The van der Waals surface area contributed by atoms with E-state index in [2.05, 4.69) is 5.32 Å². The summed E-state index contributed by atoms with van der Waals surface area (Å²) in [4.78, 5) is 27.9. The zero-order chi connectivity index (χ0) is 21.2. The van der Waals surface area contributed by atoms with Crippen LogP contribution in [-0.4, -0.2) is 36.5 Å². The van der Waals surface area contributed by atoms with E-state index in [9.17, 15) is 9.59 Å². The van der Waals surface area contributed by atoms with Gasteiger partial charge in [0.1, 0.15) is 0 Å². The van der Waals surface area contributed by atoms with Crippen LogP contribution < -0.4 is 14.8 Å². The smallest absolute Gasteiger partial charge is 0.291 e. The maximum atomic E-state index is 13.3. The molecule has 0 unspecified atom stereocenters. The molecule has 3 aromatic rings. The van der Waals surface area contributed by atoms with Gasteiger partial charge in [0, 0.05) is 13.0 Å². The van der Waals surface area contributed by atoms with Crippen molar-refractivity contribution in [1.29, 1.82) is 0 Å². The zero-order valence-electron chi connectivity index (χ0n) is 16.8. The van der Waals surface area contributed by atoms with Gasteiger partial charge in [0.05, 0.1) is 35.4 Å². The third-order valence-corrected chi connectivity index (χ3v) is 6.46. The molecule has 1 N–H and O–H groups in total.